The van der Waals surface area contributed by atoms with Crippen LogP contribution in [0.2, 0.25) is 0 Å². The molecule has 0 bridgehead atoms. The van der Waals surface area contributed by atoms with E-state index >= 15 is 0 Å². The second kappa shape index (κ2) is 10.2. The summed E-state index contributed by atoms with van der Waals surface area (Å²) in [4.78, 5) is 29.0. The van der Waals surface area contributed by atoms with Crippen LogP contribution in [-0.4, -0.2) is 41.4 Å². The summed E-state index contributed by atoms with van der Waals surface area (Å²) in [5.41, 5.74) is 4.82. The van der Waals surface area contributed by atoms with Gasteiger partial charge in [0.25, 0.3) is 0 Å². The Bertz CT molecular complexity index is 1200. The van der Waals surface area contributed by atoms with E-state index in [1.165, 1.54) is 11.8 Å². The van der Waals surface area contributed by atoms with Crippen molar-refractivity contribution in [2.75, 3.05) is 23.8 Å². The molecule has 0 saturated heterocycles. The molecule has 1 aromatic heterocycles. The van der Waals surface area contributed by atoms with Gasteiger partial charge in [-0.3, -0.25) is 14.5 Å². The molecule has 1 aliphatic rings. The van der Waals surface area contributed by atoms with Crippen molar-refractivity contribution in [3.8, 4) is 0 Å². The van der Waals surface area contributed by atoms with E-state index in [0.29, 0.717) is 19.6 Å². The minimum atomic E-state index is -0.754. The van der Waals surface area contributed by atoms with Crippen molar-refractivity contribution in [3.05, 3.63) is 59.2 Å². The van der Waals surface area contributed by atoms with Crippen LogP contribution >= 0.6 is 11.8 Å². The van der Waals surface area contributed by atoms with Crippen molar-refractivity contribution in [3.63, 3.8) is 0 Å². The molecule has 0 aliphatic carbocycles. The second-order valence-electron chi connectivity index (χ2n) is 9.16. The molecule has 0 saturated carbocycles. The highest BCUT2D eigenvalue weighted by Gasteiger charge is 2.39. The Labute approximate surface area is 205 Å². The fourth-order valence-corrected chi connectivity index (χ4v) is 5.71. The van der Waals surface area contributed by atoms with Crippen molar-refractivity contribution < 1.29 is 14.3 Å². The molecule has 0 unspecified atom stereocenters. The average Bonchev–Trinajstić information content (AvgIpc) is 2.95. The summed E-state index contributed by atoms with van der Waals surface area (Å²) in [6.45, 7) is 9.09. The normalized spacial score (nSPS) is 16.1. The lowest BCUT2D eigenvalue weighted by Gasteiger charge is -2.30. The number of carbonyl (C=O) groups excluding carboxylic acids is 2. The van der Waals surface area contributed by atoms with Crippen LogP contribution in [0, 0.1) is 13.8 Å². The molecule has 7 heteroatoms. The fourth-order valence-electron chi connectivity index (χ4n) is 4.64. The highest BCUT2D eigenvalue weighted by atomic mass is 32.2. The summed E-state index contributed by atoms with van der Waals surface area (Å²) in [6, 6.07) is 13.4. The highest BCUT2D eigenvalue weighted by molar-refractivity contribution is 8.00. The Morgan fingerprint density at radius 1 is 1.18 bits per heavy atom. The molecule has 0 spiro atoms. The summed E-state index contributed by atoms with van der Waals surface area (Å²) in [5, 5.41) is 5.05. The SMILES string of the molecule is Cc1cc(C)cc(N2C(=O)CSc3c(c4ccccc4n3C)[C@@H]2C(=O)NCCCOC(C)C)c1. The van der Waals surface area contributed by atoms with Crippen molar-refractivity contribution >= 4 is 40.2 Å². The molecule has 2 aromatic carbocycles. The van der Waals surface area contributed by atoms with Gasteiger partial charge in [-0.25, -0.2) is 0 Å². The minimum Gasteiger partial charge on any atom is -0.379 e. The number of ether oxygens (including phenoxy) is 1. The molecule has 0 fully saturated rings. The van der Waals surface area contributed by atoms with Crippen molar-refractivity contribution in [1.82, 2.24) is 9.88 Å². The molecular formula is C27H33N3O3S. The molecule has 6 nitrogen and oxygen atoms in total. The van der Waals surface area contributed by atoms with E-state index in [-0.39, 0.29) is 23.7 Å². The largest absolute Gasteiger partial charge is 0.379 e. The number of hydrogen-bond acceptors (Lipinski definition) is 4. The zero-order valence-corrected chi connectivity index (χ0v) is 21.4. The van der Waals surface area contributed by atoms with Gasteiger partial charge < -0.3 is 14.6 Å². The van der Waals surface area contributed by atoms with E-state index in [4.69, 9.17) is 4.74 Å². The number of carbonyl (C=O) groups is 2. The maximum atomic E-state index is 13.8. The van der Waals surface area contributed by atoms with E-state index < -0.39 is 6.04 Å². The summed E-state index contributed by atoms with van der Waals surface area (Å²) in [7, 11) is 2.00. The molecule has 3 aromatic rings. The summed E-state index contributed by atoms with van der Waals surface area (Å²) >= 11 is 1.50. The van der Waals surface area contributed by atoms with Crippen molar-refractivity contribution in [1.29, 1.82) is 0 Å². The van der Waals surface area contributed by atoms with Crippen LogP contribution in [0.1, 0.15) is 43.0 Å². The number of fused-ring (bicyclic) bond motifs is 3. The van der Waals surface area contributed by atoms with E-state index in [0.717, 1.165) is 38.3 Å². The summed E-state index contributed by atoms with van der Waals surface area (Å²) in [6.07, 6.45) is 0.871. The van der Waals surface area contributed by atoms with Gasteiger partial charge in [0, 0.05) is 42.4 Å². The molecule has 180 valence electrons. The van der Waals surface area contributed by atoms with Gasteiger partial charge in [0.05, 0.1) is 16.9 Å². The van der Waals surface area contributed by atoms with Gasteiger partial charge in [-0.1, -0.05) is 36.0 Å². The Morgan fingerprint density at radius 2 is 1.88 bits per heavy atom. The molecule has 2 heterocycles. The Kier molecular flexibility index (Phi) is 7.33. The van der Waals surface area contributed by atoms with Crippen molar-refractivity contribution in [2.24, 2.45) is 7.05 Å². The van der Waals surface area contributed by atoms with E-state index in [1.54, 1.807) is 4.90 Å². The first-order valence-corrected chi connectivity index (χ1v) is 12.8. The first kappa shape index (κ1) is 24.4. The lowest BCUT2D eigenvalue weighted by molar-refractivity contribution is -0.125. The topological polar surface area (TPSA) is 63.6 Å². The smallest absolute Gasteiger partial charge is 0.247 e. The Hall–Kier alpha value is -2.77. The van der Waals surface area contributed by atoms with E-state index in [9.17, 15) is 9.59 Å². The number of rotatable bonds is 7. The third-order valence-corrected chi connectivity index (χ3v) is 7.19. The number of para-hydroxylation sites is 1. The molecule has 0 radical (unpaired) electrons. The van der Waals surface area contributed by atoms with Crippen LogP contribution in [-0.2, 0) is 21.4 Å². The zero-order chi connectivity index (χ0) is 24.4. The first-order valence-electron chi connectivity index (χ1n) is 11.8. The monoisotopic (exact) mass is 479 g/mol. The lowest BCUT2D eigenvalue weighted by atomic mass is 10.0. The van der Waals surface area contributed by atoms with Crippen LogP contribution < -0.4 is 10.2 Å². The third-order valence-electron chi connectivity index (χ3n) is 6.03. The number of aryl methyl sites for hydroxylation is 3. The van der Waals surface area contributed by atoms with Crippen molar-refractivity contribution in [2.45, 2.75) is 51.3 Å². The van der Waals surface area contributed by atoms with Crippen LogP contribution in [0.5, 0.6) is 0 Å². The quantitative estimate of drug-likeness (QED) is 0.489. The van der Waals surface area contributed by atoms with E-state index in [1.807, 2.05) is 65.1 Å². The molecule has 1 aliphatic heterocycles. The number of thioether (sulfide) groups is 1. The van der Waals surface area contributed by atoms with Gasteiger partial charge in [-0.2, -0.15) is 0 Å². The second-order valence-corrected chi connectivity index (χ2v) is 10.1. The average molecular weight is 480 g/mol. The summed E-state index contributed by atoms with van der Waals surface area (Å²) < 4.78 is 7.72. The Balaban J connectivity index is 1.79. The van der Waals surface area contributed by atoms with Crippen LogP contribution in [0.4, 0.5) is 5.69 Å². The standard InChI is InChI=1S/C27H33N3O3S/c1-17(2)33-12-8-11-28-26(32)25-24-21-9-6-7-10-22(21)29(5)27(24)34-16-23(31)30(25)20-14-18(3)13-19(4)15-20/h6-7,9-10,13-15,17,25H,8,11-12,16H2,1-5H3,(H,28,32)/t25-/m1/s1. The van der Waals surface area contributed by atoms with Gasteiger partial charge in [0.2, 0.25) is 11.8 Å². The summed E-state index contributed by atoms with van der Waals surface area (Å²) in [5.74, 6) is 0.0339. The van der Waals surface area contributed by atoms with Gasteiger partial charge >= 0.3 is 0 Å². The van der Waals surface area contributed by atoms with Gasteiger partial charge in [-0.15, -0.1) is 0 Å². The van der Waals surface area contributed by atoms with Crippen LogP contribution in [0.15, 0.2) is 47.5 Å². The van der Waals surface area contributed by atoms with Gasteiger partial charge in [0.1, 0.15) is 6.04 Å². The number of hydrogen-bond donors (Lipinski definition) is 1. The van der Waals surface area contributed by atoms with Crippen LogP contribution in [0.25, 0.3) is 10.9 Å². The number of aromatic nitrogens is 1. The third kappa shape index (κ3) is 4.86. The van der Waals surface area contributed by atoms with Gasteiger partial charge in [0.15, 0.2) is 0 Å². The molecule has 1 atom stereocenters. The number of amides is 2. The number of nitrogens with one attached hydrogen (secondary N) is 1. The zero-order valence-electron chi connectivity index (χ0n) is 20.6. The minimum absolute atomic E-state index is 0.0708. The fraction of sp³-hybridized carbons (Fsp3) is 0.407. The highest BCUT2D eigenvalue weighted by Crippen LogP contribution is 2.43. The Morgan fingerprint density at radius 3 is 2.59 bits per heavy atom. The molecule has 1 N–H and O–H groups in total. The number of benzene rings is 2. The molecule has 2 amide bonds. The van der Waals surface area contributed by atoms with Gasteiger partial charge in [-0.05, 0) is 63.4 Å². The molecular weight excluding hydrogens is 446 g/mol. The molecule has 4 rings (SSSR count). The predicted molar refractivity (Wildman–Crippen MR) is 139 cm³/mol. The maximum absolute atomic E-state index is 13.8. The number of nitrogens with zero attached hydrogens (tertiary/aromatic N) is 2. The van der Waals surface area contributed by atoms with Crippen LogP contribution in [0.3, 0.4) is 0 Å². The number of anilines is 1. The first-order chi connectivity index (χ1) is 16.3. The molecule has 34 heavy (non-hydrogen) atoms. The van der Waals surface area contributed by atoms with E-state index in [2.05, 4.69) is 22.0 Å². The maximum Gasteiger partial charge on any atom is 0.247 e. The lowest BCUT2D eigenvalue weighted by Crippen LogP contribution is -2.44. The predicted octanol–water partition coefficient (Wildman–Crippen LogP) is 4.91.